The normalized spacial score (nSPS) is 13.7. The Morgan fingerprint density at radius 1 is 0.579 bits per heavy atom. The maximum Gasteiger partial charge on any atom is 0.326 e. The van der Waals surface area contributed by atoms with Crippen LogP contribution in [0.5, 0.6) is 0 Å². The number of carboxylic acids is 1. The summed E-state index contributed by atoms with van der Waals surface area (Å²) in [5.74, 6) is -5.16. The molecular formula is C41H62N8O8. The van der Waals surface area contributed by atoms with E-state index in [0.29, 0.717) is 30.5 Å². The Labute approximate surface area is 335 Å². The van der Waals surface area contributed by atoms with Crippen molar-refractivity contribution in [2.45, 2.75) is 109 Å². The lowest BCUT2D eigenvalue weighted by molar-refractivity contribution is -0.142. The average molecular weight is 795 g/mol. The highest BCUT2D eigenvalue weighted by molar-refractivity contribution is 5.96. The van der Waals surface area contributed by atoms with E-state index in [9.17, 15) is 38.7 Å². The third kappa shape index (κ3) is 18.4. The molecule has 0 aliphatic heterocycles. The summed E-state index contributed by atoms with van der Waals surface area (Å²) in [5.41, 5.74) is 12.5. The highest BCUT2D eigenvalue weighted by atomic mass is 16.4. The van der Waals surface area contributed by atoms with E-state index in [1.165, 1.54) is 0 Å². The van der Waals surface area contributed by atoms with Crippen LogP contribution in [-0.2, 0) is 46.4 Å². The van der Waals surface area contributed by atoms with Crippen molar-refractivity contribution in [2.75, 3.05) is 19.6 Å². The van der Waals surface area contributed by atoms with Gasteiger partial charge in [-0.15, -0.1) is 0 Å². The zero-order valence-electron chi connectivity index (χ0n) is 33.6. The predicted molar refractivity (Wildman–Crippen MR) is 216 cm³/mol. The molecule has 314 valence electrons. The van der Waals surface area contributed by atoms with Gasteiger partial charge in [0.1, 0.15) is 30.2 Å². The number of amides is 6. The largest absolute Gasteiger partial charge is 0.480 e. The van der Waals surface area contributed by atoms with Gasteiger partial charge in [-0.2, -0.15) is 0 Å². The first-order valence-corrected chi connectivity index (χ1v) is 19.6. The van der Waals surface area contributed by atoms with Crippen LogP contribution in [0.2, 0.25) is 0 Å². The van der Waals surface area contributed by atoms with Gasteiger partial charge in [-0.05, 0) is 55.2 Å². The monoisotopic (exact) mass is 794 g/mol. The third-order valence-corrected chi connectivity index (χ3v) is 9.04. The SMILES string of the molecule is CC(C)C[C@H](NC(=O)[C@H](CCCCN)NC(=O)CCNC(=O)CCN)C(=O)N[C@H](C(=O)N[C@@H](Cc1ccccc1)C(=O)N[C@@H](Cc1ccccc1)C(=O)O)C(C)C. The summed E-state index contributed by atoms with van der Waals surface area (Å²) in [6.07, 6.45) is 1.68. The average Bonchev–Trinajstić information content (AvgIpc) is 3.16. The van der Waals surface area contributed by atoms with Gasteiger partial charge >= 0.3 is 5.97 Å². The number of nitrogens with two attached hydrogens (primary N) is 2. The predicted octanol–water partition coefficient (Wildman–Crippen LogP) is 0.667. The molecule has 5 atom stereocenters. The molecule has 0 spiro atoms. The van der Waals surface area contributed by atoms with E-state index in [0.717, 1.165) is 0 Å². The minimum Gasteiger partial charge on any atom is -0.480 e. The first-order chi connectivity index (χ1) is 27.1. The van der Waals surface area contributed by atoms with Crippen molar-refractivity contribution in [1.82, 2.24) is 31.9 Å². The van der Waals surface area contributed by atoms with E-state index in [2.05, 4.69) is 31.9 Å². The molecule has 0 saturated carbocycles. The van der Waals surface area contributed by atoms with Crippen molar-refractivity contribution < 1.29 is 38.7 Å². The second kappa shape index (κ2) is 25.7. The van der Waals surface area contributed by atoms with Crippen LogP contribution in [0.4, 0.5) is 0 Å². The van der Waals surface area contributed by atoms with Crippen LogP contribution in [0.25, 0.3) is 0 Å². The molecule has 11 N–H and O–H groups in total. The molecule has 0 saturated heterocycles. The number of carboxylic acid groups (broad SMARTS) is 1. The van der Waals surface area contributed by atoms with Crippen LogP contribution in [-0.4, -0.2) is 96.4 Å². The highest BCUT2D eigenvalue weighted by Gasteiger charge is 2.34. The van der Waals surface area contributed by atoms with Crippen molar-refractivity contribution in [3.8, 4) is 0 Å². The lowest BCUT2D eigenvalue weighted by atomic mass is 9.98. The first-order valence-electron chi connectivity index (χ1n) is 19.6. The number of hydrogen-bond donors (Lipinski definition) is 9. The Bertz CT molecular complexity index is 1590. The second-order valence-electron chi connectivity index (χ2n) is 14.8. The smallest absolute Gasteiger partial charge is 0.326 e. The van der Waals surface area contributed by atoms with Crippen molar-refractivity contribution in [3.63, 3.8) is 0 Å². The van der Waals surface area contributed by atoms with Gasteiger partial charge in [0.2, 0.25) is 35.4 Å². The zero-order valence-corrected chi connectivity index (χ0v) is 33.6. The molecule has 0 unspecified atom stereocenters. The summed E-state index contributed by atoms with van der Waals surface area (Å²) in [7, 11) is 0. The topological polar surface area (TPSA) is 264 Å². The maximum atomic E-state index is 13.9. The third-order valence-electron chi connectivity index (χ3n) is 9.04. The van der Waals surface area contributed by atoms with Crippen molar-refractivity contribution in [2.24, 2.45) is 23.3 Å². The number of aliphatic carboxylic acids is 1. The van der Waals surface area contributed by atoms with Gasteiger partial charge in [-0.25, -0.2) is 4.79 Å². The second-order valence-corrected chi connectivity index (χ2v) is 14.8. The minimum absolute atomic E-state index is 0.0204. The molecule has 0 aliphatic carbocycles. The molecule has 2 aromatic carbocycles. The Hall–Kier alpha value is -5.35. The van der Waals surface area contributed by atoms with Gasteiger partial charge in [0, 0.05) is 38.8 Å². The number of carbonyl (C=O) groups excluding carboxylic acids is 6. The van der Waals surface area contributed by atoms with Crippen LogP contribution >= 0.6 is 0 Å². The van der Waals surface area contributed by atoms with E-state index in [4.69, 9.17) is 11.5 Å². The lowest BCUT2D eigenvalue weighted by Gasteiger charge is -2.29. The Morgan fingerprint density at radius 3 is 1.63 bits per heavy atom. The molecule has 57 heavy (non-hydrogen) atoms. The van der Waals surface area contributed by atoms with Gasteiger partial charge in [0.15, 0.2) is 0 Å². The van der Waals surface area contributed by atoms with Crippen molar-refractivity contribution in [1.29, 1.82) is 0 Å². The summed E-state index contributed by atoms with van der Waals surface area (Å²) >= 11 is 0. The Balaban J connectivity index is 2.25. The fraction of sp³-hybridized carbons (Fsp3) is 0.537. The number of carbonyl (C=O) groups is 7. The molecule has 0 aromatic heterocycles. The first kappa shape index (κ1) is 47.8. The molecule has 0 radical (unpaired) electrons. The number of nitrogens with one attached hydrogen (secondary N) is 6. The van der Waals surface area contributed by atoms with E-state index in [-0.39, 0.29) is 63.4 Å². The Morgan fingerprint density at radius 2 is 1.11 bits per heavy atom. The van der Waals surface area contributed by atoms with Crippen LogP contribution in [0.1, 0.15) is 77.3 Å². The van der Waals surface area contributed by atoms with E-state index >= 15 is 0 Å². The molecular weight excluding hydrogens is 732 g/mol. The quantitative estimate of drug-likeness (QED) is 0.0601. The summed E-state index contributed by atoms with van der Waals surface area (Å²) in [5, 5.41) is 26.1. The molecule has 6 amide bonds. The van der Waals surface area contributed by atoms with Gasteiger partial charge in [-0.1, -0.05) is 88.4 Å². The summed E-state index contributed by atoms with van der Waals surface area (Å²) in [4.78, 5) is 91.9. The number of hydrogen-bond acceptors (Lipinski definition) is 9. The zero-order chi connectivity index (χ0) is 42.3. The maximum absolute atomic E-state index is 13.9. The van der Waals surface area contributed by atoms with Crippen LogP contribution in [0.3, 0.4) is 0 Å². The minimum atomic E-state index is -1.28. The molecule has 2 aromatic rings. The standard InChI is InChI=1S/C41H62N8O8/c1-26(2)23-31(46-37(52)30(17-11-12-20-42)45-35(51)19-22-44-34(50)18-21-43)39(54)49-36(27(3)4)40(55)47-32(24-28-13-7-5-8-14-28)38(53)48-33(41(56)57)25-29-15-9-6-10-16-29/h5-10,13-16,26-27,30-33,36H,11-12,17-25,42-43H2,1-4H3,(H,44,50)(H,45,51)(H,46,52)(H,47,55)(H,48,53)(H,49,54)(H,56,57)/t30-,31-,32-,33-,36-/m0/s1. The lowest BCUT2D eigenvalue weighted by Crippen LogP contribution is -2.60. The van der Waals surface area contributed by atoms with Crippen LogP contribution < -0.4 is 43.4 Å². The van der Waals surface area contributed by atoms with E-state index in [1.807, 2.05) is 13.8 Å². The van der Waals surface area contributed by atoms with Crippen molar-refractivity contribution >= 4 is 41.4 Å². The summed E-state index contributed by atoms with van der Waals surface area (Å²) in [6.45, 7) is 7.78. The molecule has 0 fully saturated rings. The van der Waals surface area contributed by atoms with E-state index < -0.39 is 71.6 Å². The Kier molecular flexibility index (Phi) is 21.6. The van der Waals surface area contributed by atoms with Gasteiger partial charge in [-0.3, -0.25) is 28.8 Å². The molecule has 0 heterocycles. The van der Waals surface area contributed by atoms with E-state index in [1.54, 1.807) is 74.5 Å². The van der Waals surface area contributed by atoms with Gasteiger partial charge in [0.05, 0.1) is 0 Å². The number of unbranched alkanes of at least 4 members (excludes halogenated alkanes) is 1. The van der Waals surface area contributed by atoms with Gasteiger partial charge < -0.3 is 48.5 Å². The molecule has 16 heteroatoms. The highest BCUT2D eigenvalue weighted by Crippen LogP contribution is 2.12. The summed E-state index contributed by atoms with van der Waals surface area (Å²) < 4.78 is 0. The molecule has 0 aliphatic rings. The molecule has 0 bridgehead atoms. The summed E-state index contributed by atoms with van der Waals surface area (Å²) in [6, 6.07) is 12.0. The molecule has 2 rings (SSSR count). The van der Waals surface area contributed by atoms with Crippen LogP contribution in [0, 0.1) is 11.8 Å². The van der Waals surface area contributed by atoms with Gasteiger partial charge in [0.25, 0.3) is 0 Å². The van der Waals surface area contributed by atoms with Crippen molar-refractivity contribution in [3.05, 3.63) is 71.8 Å². The number of benzene rings is 2. The van der Waals surface area contributed by atoms with Crippen LogP contribution in [0.15, 0.2) is 60.7 Å². The fourth-order valence-corrected chi connectivity index (χ4v) is 5.97. The number of rotatable bonds is 26. The molecule has 16 nitrogen and oxygen atoms in total. The fourth-order valence-electron chi connectivity index (χ4n) is 5.97.